The molecule has 1 atom stereocenters. The maximum atomic E-state index is 14.3. The van der Waals surface area contributed by atoms with E-state index in [0.29, 0.717) is 5.56 Å². The first-order chi connectivity index (χ1) is 15.8. The molecule has 0 bridgehead atoms. The van der Waals surface area contributed by atoms with Crippen molar-refractivity contribution in [3.05, 3.63) is 53.6 Å². The van der Waals surface area contributed by atoms with Crippen molar-refractivity contribution in [1.82, 2.24) is 40.6 Å². The number of carbonyl (C=O) groups excluding carboxylic acids is 2. The van der Waals surface area contributed by atoms with Crippen molar-refractivity contribution >= 4 is 11.8 Å². The Bertz CT molecular complexity index is 1070. The minimum Gasteiger partial charge on any atom is -0.435 e. The second-order valence-corrected chi connectivity index (χ2v) is 6.86. The number of hydrogen-bond donors (Lipinski definition) is 2. The molecule has 2 amide bonds. The molecule has 11 nitrogen and oxygen atoms in total. The summed E-state index contributed by atoms with van der Waals surface area (Å²) in [6.45, 7) is -2.70. The lowest BCUT2D eigenvalue weighted by molar-refractivity contribution is -0.0498. The summed E-state index contributed by atoms with van der Waals surface area (Å²) >= 11 is 0. The Balaban J connectivity index is 1.44. The van der Waals surface area contributed by atoms with Gasteiger partial charge in [0.15, 0.2) is 11.4 Å². The third kappa shape index (κ3) is 7.02. The summed E-state index contributed by atoms with van der Waals surface area (Å²) in [5, 5.41) is 20.0. The van der Waals surface area contributed by atoms with E-state index in [4.69, 9.17) is 0 Å². The van der Waals surface area contributed by atoms with E-state index >= 15 is 0 Å². The van der Waals surface area contributed by atoms with Crippen molar-refractivity contribution in [1.29, 1.82) is 0 Å². The number of hydrogen-bond acceptors (Lipinski definition) is 7. The zero-order valence-electron chi connectivity index (χ0n) is 17.5. The molecule has 0 fully saturated rings. The molecule has 2 N–H and O–H groups in total. The Hall–Kier alpha value is -3.97. The maximum Gasteiger partial charge on any atom is 0.387 e. The van der Waals surface area contributed by atoms with E-state index in [0.717, 1.165) is 0 Å². The second kappa shape index (κ2) is 11.1. The monoisotopic (exact) mass is 466 g/mol. The van der Waals surface area contributed by atoms with Crippen LogP contribution >= 0.6 is 0 Å². The maximum absolute atomic E-state index is 14.3. The molecular formula is C19H21F3N8O3. The van der Waals surface area contributed by atoms with Crippen molar-refractivity contribution in [3.63, 3.8) is 0 Å². The summed E-state index contributed by atoms with van der Waals surface area (Å²) in [5.74, 6) is -0.891. The lowest BCUT2D eigenvalue weighted by Crippen LogP contribution is -2.23. The minimum atomic E-state index is -2.91. The van der Waals surface area contributed by atoms with Gasteiger partial charge in [-0.3, -0.25) is 14.3 Å². The van der Waals surface area contributed by atoms with Crippen LogP contribution in [-0.2, 0) is 19.6 Å². The number of carbonyl (C=O) groups is 2. The summed E-state index contributed by atoms with van der Waals surface area (Å²) < 4.78 is 45.5. The molecule has 1 unspecified atom stereocenters. The Kier molecular flexibility index (Phi) is 7.94. The zero-order valence-corrected chi connectivity index (χ0v) is 17.5. The average molecular weight is 466 g/mol. The Morgan fingerprint density at radius 3 is 2.30 bits per heavy atom. The van der Waals surface area contributed by atoms with Gasteiger partial charge in [0.2, 0.25) is 0 Å². The molecule has 0 saturated carbocycles. The van der Waals surface area contributed by atoms with E-state index in [2.05, 4.69) is 36.0 Å². The van der Waals surface area contributed by atoms with E-state index < -0.39 is 18.7 Å². The highest BCUT2D eigenvalue weighted by Gasteiger charge is 2.15. The van der Waals surface area contributed by atoms with Gasteiger partial charge >= 0.3 is 6.61 Å². The van der Waals surface area contributed by atoms with Gasteiger partial charge in [0.1, 0.15) is 11.9 Å². The van der Waals surface area contributed by atoms with E-state index in [1.165, 1.54) is 53.1 Å². The summed E-state index contributed by atoms with van der Waals surface area (Å²) in [4.78, 5) is 23.7. The molecule has 1 aromatic carbocycles. The van der Waals surface area contributed by atoms with Crippen LogP contribution in [0.1, 0.15) is 33.0 Å². The van der Waals surface area contributed by atoms with Crippen LogP contribution in [0, 0.1) is 0 Å². The summed E-state index contributed by atoms with van der Waals surface area (Å²) in [7, 11) is 1.47. The largest absolute Gasteiger partial charge is 0.435 e. The number of nitrogens with zero attached hydrogens (tertiary/aromatic N) is 6. The van der Waals surface area contributed by atoms with E-state index in [1.54, 1.807) is 0 Å². The fourth-order valence-corrected chi connectivity index (χ4v) is 2.76. The van der Waals surface area contributed by atoms with E-state index in [1.807, 2.05) is 0 Å². The fraction of sp³-hybridized carbons (Fsp3) is 0.368. The molecular weight excluding hydrogens is 445 g/mol. The van der Waals surface area contributed by atoms with Gasteiger partial charge in [-0.1, -0.05) is 22.6 Å². The Morgan fingerprint density at radius 1 is 1.00 bits per heavy atom. The lowest BCUT2D eigenvalue weighted by atomic mass is 10.2. The van der Waals surface area contributed by atoms with Gasteiger partial charge in [-0.25, -0.2) is 9.07 Å². The predicted octanol–water partition coefficient (Wildman–Crippen LogP) is 1.19. The predicted molar refractivity (Wildman–Crippen MR) is 107 cm³/mol. The second-order valence-electron chi connectivity index (χ2n) is 6.86. The van der Waals surface area contributed by atoms with Crippen LogP contribution in [0.2, 0.25) is 0 Å². The van der Waals surface area contributed by atoms with Crippen LogP contribution < -0.4 is 15.4 Å². The molecule has 0 aliphatic heterocycles. The summed E-state index contributed by atoms with van der Waals surface area (Å²) in [5.41, 5.74) is 0.803. The van der Waals surface area contributed by atoms with E-state index in [9.17, 15) is 22.8 Å². The van der Waals surface area contributed by atoms with Gasteiger partial charge in [-0.2, -0.15) is 8.78 Å². The number of nitrogens with one attached hydrogen (secondary N) is 2. The number of ether oxygens (including phenoxy) is 1. The molecule has 2 heterocycles. The third-order valence-corrected chi connectivity index (χ3v) is 4.43. The fourth-order valence-electron chi connectivity index (χ4n) is 2.76. The number of halogens is 3. The van der Waals surface area contributed by atoms with E-state index in [-0.39, 0.29) is 49.1 Å². The van der Waals surface area contributed by atoms with Gasteiger partial charge < -0.3 is 15.4 Å². The molecule has 0 aliphatic rings. The topological polar surface area (TPSA) is 129 Å². The molecule has 0 radical (unpaired) electrons. The number of aromatic nitrogens is 6. The van der Waals surface area contributed by atoms with Crippen molar-refractivity contribution in [2.45, 2.75) is 38.8 Å². The number of alkyl halides is 3. The normalized spacial score (nSPS) is 11.9. The van der Waals surface area contributed by atoms with Crippen molar-refractivity contribution in [2.75, 3.05) is 7.05 Å². The number of aryl methyl sites for hydroxylation is 1. The molecule has 0 spiro atoms. The van der Waals surface area contributed by atoms with Gasteiger partial charge in [-0.05, 0) is 17.7 Å². The van der Waals surface area contributed by atoms with Gasteiger partial charge in [-0.15, -0.1) is 10.2 Å². The standard InChI is InChI=1S/C19H21F3N8O3/c1-23-17(31)15-10-29(27-25-15)7-6-13(20)9-30-11-16(26-28-30)18(32)24-8-12-2-4-14(5-3-12)33-19(21)22/h2-5,10-11,13,19H,6-9H2,1H3,(H,23,31)(H,24,32). The first-order valence-electron chi connectivity index (χ1n) is 9.82. The van der Waals surface area contributed by atoms with Crippen LogP contribution in [0.15, 0.2) is 36.7 Å². The van der Waals surface area contributed by atoms with Crippen molar-refractivity contribution in [2.24, 2.45) is 0 Å². The minimum absolute atomic E-state index is 0.00588. The highest BCUT2D eigenvalue weighted by molar-refractivity contribution is 5.92. The summed E-state index contributed by atoms with van der Waals surface area (Å²) in [6.07, 6.45) is 1.52. The molecule has 2 aromatic heterocycles. The first-order valence-corrected chi connectivity index (χ1v) is 9.82. The SMILES string of the molecule is CNC(=O)c1cn(CCC(F)Cn2cc(C(=O)NCc3ccc(OC(F)F)cc3)nn2)nn1. The highest BCUT2D eigenvalue weighted by atomic mass is 19.3. The molecule has 33 heavy (non-hydrogen) atoms. The Labute approximate surface area is 185 Å². The zero-order chi connectivity index (χ0) is 23.8. The first kappa shape index (κ1) is 23.7. The van der Waals surface area contributed by atoms with Crippen LogP contribution in [0.25, 0.3) is 0 Å². The third-order valence-electron chi connectivity index (χ3n) is 4.43. The molecule has 0 aliphatic carbocycles. The van der Waals surface area contributed by atoms with Crippen LogP contribution in [0.5, 0.6) is 5.75 Å². The van der Waals surface area contributed by atoms with Crippen LogP contribution in [0.4, 0.5) is 13.2 Å². The number of rotatable bonds is 11. The van der Waals surface area contributed by atoms with Crippen molar-refractivity contribution < 1.29 is 27.5 Å². The number of amides is 2. The average Bonchev–Trinajstić information content (AvgIpc) is 3.46. The lowest BCUT2D eigenvalue weighted by Gasteiger charge is -2.07. The van der Waals surface area contributed by atoms with Gasteiger partial charge in [0, 0.05) is 26.6 Å². The van der Waals surface area contributed by atoms with Crippen molar-refractivity contribution in [3.8, 4) is 5.75 Å². The Morgan fingerprint density at radius 2 is 1.64 bits per heavy atom. The number of benzene rings is 1. The molecule has 0 saturated heterocycles. The smallest absolute Gasteiger partial charge is 0.387 e. The molecule has 3 aromatic rings. The molecule has 3 rings (SSSR count). The highest BCUT2D eigenvalue weighted by Crippen LogP contribution is 2.15. The quantitative estimate of drug-likeness (QED) is 0.434. The van der Waals surface area contributed by atoms with Crippen LogP contribution in [-0.4, -0.2) is 61.6 Å². The summed E-state index contributed by atoms with van der Waals surface area (Å²) in [6, 6.07) is 5.80. The van der Waals surface area contributed by atoms with Crippen LogP contribution in [0.3, 0.4) is 0 Å². The van der Waals surface area contributed by atoms with Gasteiger partial charge in [0.05, 0.1) is 18.9 Å². The van der Waals surface area contributed by atoms with Gasteiger partial charge in [0.25, 0.3) is 11.8 Å². The molecule has 14 heteroatoms. The molecule has 176 valence electrons.